The second-order valence-electron chi connectivity index (χ2n) is 4.09. The highest BCUT2D eigenvalue weighted by atomic mass is 16.5. The number of rotatable bonds is 2. The summed E-state index contributed by atoms with van der Waals surface area (Å²) in [6, 6.07) is 0.404. The van der Waals surface area contributed by atoms with Crippen molar-refractivity contribution >= 4 is 5.97 Å². The van der Waals surface area contributed by atoms with Gasteiger partial charge in [0.05, 0.1) is 13.0 Å². The molecule has 0 bridgehead atoms. The Morgan fingerprint density at radius 1 is 1.38 bits per heavy atom. The summed E-state index contributed by atoms with van der Waals surface area (Å²) in [5, 5.41) is 3.42. The Morgan fingerprint density at radius 3 is 2.69 bits per heavy atom. The van der Waals surface area contributed by atoms with Crippen molar-refractivity contribution in [3.63, 3.8) is 0 Å². The van der Waals surface area contributed by atoms with E-state index in [1.807, 2.05) is 0 Å². The van der Waals surface area contributed by atoms with Gasteiger partial charge in [0.1, 0.15) is 0 Å². The monoisotopic (exact) mass is 183 g/mol. The number of nitrogens with one attached hydrogen (secondary N) is 1. The SMILES string of the molecule is COC(=O)C1CCNC1C1CCC1. The van der Waals surface area contributed by atoms with Crippen LogP contribution >= 0.6 is 0 Å². The highest BCUT2D eigenvalue weighted by Gasteiger charge is 2.40. The zero-order chi connectivity index (χ0) is 9.26. The van der Waals surface area contributed by atoms with Gasteiger partial charge in [0, 0.05) is 6.04 Å². The maximum atomic E-state index is 11.4. The minimum atomic E-state index is -0.0260. The first-order valence-electron chi connectivity index (χ1n) is 5.14. The zero-order valence-corrected chi connectivity index (χ0v) is 8.08. The highest BCUT2D eigenvalue weighted by molar-refractivity contribution is 5.73. The van der Waals surface area contributed by atoms with E-state index < -0.39 is 0 Å². The van der Waals surface area contributed by atoms with Crippen LogP contribution in [0.25, 0.3) is 0 Å². The first-order chi connectivity index (χ1) is 6.33. The molecule has 1 saturated heterocycles. The van der Waals surface area contributed by atoms with E-state index in [4.69, 9.17) is 4.74 Å². The van der Waals surface area contributed by atoms with Crippen molar-refractivity contribution in [3.8, 4) is 0 Å². The third-order valence-corrected chi connectivity index (χ3v) is 3.43. The molecule has 1 aliphatic heterocycles. The predicted molar refractivity (Wildman–Crippen MR) is 49.3 cm³/mol. The third-order valence-electron chi connectivity index (χ3n) is 3.43. The maximum Gasteiger partial charge on any atom is 0.310 e. The molecule has 0 aromatic carbocycles. The average Bonchev–Trinajstić information content (AvgIpc) is 2.49. The molecule has 13 heavy (non-hydrogen) atoms. The Balaban J connectivity index is 1.96. The van der Waals surface area contributed by atoms with Crippen molar-refractivity contribution in [1.82, 2.24) is 5.32 Å². The number of carbonyl (C=O) groups is 1. The Labute approximate surface area is 78.8 Å². The molecule has 1 saturated carbocycles. The summed E-state index contributed by atoms with van der Waals surface area (Å²) >= 11 is 0. The fraction of sp³-hybridized carbons (Fsp3) is 0.900. The summed E-state index contributed by atoms with van der Waals surface area (Å²) in [5.74, 6) is 0.823. The highest BCUT2D eigenvalue weighted by Crippen LogP contribution is 2.36. The number of esters is 1. The van der Waals surface area contributed by atoms with Gasteiger partial charge in [-0.25, -0.2) is 0 Å². The molecule has 0 radical (unpaired) electrons. The molecule has 74 valence electrons. The first kappa shape index (κ1) is 9.00. The third kappa shape index (κ3) is 1.57. The van der Waals surface area contributed by atoms with Crippen LogP contribution in [0.3, 0.4) is 0 Å². The van der Waals surface area contributed by atoms with E-state index in [2.05, 4.69) is 5.32 Å². The average molecular weight is 183 g/mol. The Hall–Kier alpha value is -0.570. The molecule has 3 heteroatoms. The van der Waals surface area contributed by atoms with Gasteiger partial charge >= 0.3 is 5.97 Å². The molecule has 2 unspecified atom stereocenters. The van der Waals surface area contributed by atoms with Crippen LogP contribution in [0.5, 0.6) is 0 Å². The maximum absolute atomic E-state index is 11.4. The lowest BCUT2D eigenvalue weighted by molar-refractivity contribution is -0.146. The fourth-order valence-corrected chi connectivity index (χ4v) is 2.44. The van der Waals surface area contributed by atoms with Crippen LogP contribution in [-0.4, -0.2) is 25.7 Å². The minimum absolute atomic E-state index is 0.0260. The predicted octanol–water partition coefficient (Wildman–Crippen LogP) is 0.938. The van der Waals surface area contributed by atoms with Crippen LogP contribution in [0.2, 0.25) is 0 Å². The lowest BCUT2D eigenvalue weighted by atomic mass is 9.76. The molecule has 2 aliphatic rings. The normalized spacial score (nSPS) is 34.2. The van der Waals surface area contributed by atoms with E-state index in [0.717, 1.165) is 18.9 Å². The summed E-state index contributed by atoms with van der Waals surface area (Å²) in [7, 11) is 1.48. The van der Waals surface area contributed by atoms with Crippen LogP contribution in [0.4, 0.5) is 0 Å². The number of methoxy groups -OCH3 is 1. The lowest BCUT2D eigenvalue weighted by Gasteiger charge is -2.33. The number of hydrogen-bond donors (Lipinski definition) is 1. The first-order valence-corrected chi connectivity index (χ1v) is 5.14. The van der Waals surface area contributed by atoms with Crippen LogP contribution < -0.4 is 5.32 Å². The van der Waals surface area contributed by atoms with Gasteiger partial charge in [0.2, 0.25) is 0 Å². The Bertz CT molecular complexity index is 201. The number of carbonyl (C=O) groups excluding carboxylic acids is 1. The molecule has 0 aromatic rings. The molecule has 2 fully saturated rings. The van der Waals surface area contributed by atoms with Crippen LogP contribution in [0, 0.1) is 11.8 Å². The van der Waals surface area contributed by atoms with Gasteiger partial charge in [-0.05, 0) is 31.7 Å². The van der Waals surface area contributed by atoms with E-state index in [9.17, 15) is 4.79 Å². The molecule has 3 nitrogen and oxygen atoms in total. The summed E-state index contributed by atoms with van der Waals surface area (Å²) in [6.07, 6.45) is 4.85. The topological polar surface area (TPSA) is 38.3 Å². The van der Waals surface area contributed by atoms with Crippen LogP contribution in [0.15, 0.2) is 0 Å². The van der Waals surface area contributed by atoms with Crippen molar-refractivity contribution in [3.05, 3.63) is 0 Å². The Kier molecular flexibility index (Phi) is 2.54. The summed E-state index contributed by atoms with van der Waals surface area (Å²) in [6.45, 7) is 0.973. The van der Waals surface area contributed by atoms with E-state index in [0.29, 0.717) is 6.04 Å². The molecule has 0 spiro atoms. The van der Waals surface area contributed by atoms with Gasteiger partial charge in [-0.1, -0.05) is 6.42 Å². The van der Waals surface area contributed by atoms with Gasteiger partial charge in [-0.3, -0.25) is 4.79 Å². The van der Waals surface area contributed by atoms with Gasteiger partial charge in [0.15, 0.2) is 0 Å². The molecule has 2 atom stereocenters. The fourth-order valence-electron chi connectivity index (χ4n) is 2.44. The van der Waals surface area contributed by atoms with Gasteiger partial charge in [-0.15, -0.1) is 0 Å². The van der Waals surface area contributed by atoms with Crippen LogP contribution in [0.1, 0.15) is 25.7 Å². The van der Waals surface area contributed by atoms with Crippen LogP contribution in [-0.2, 0) is 9.53 Å². The van der Waals surface area contributed by atoms with Gasteiger partial charge in [-0.2, -0.15) is 0 Å². The van der Waals surface area contributed by atoms with Gasteiger partial charge < -0.3 is 10.1 Å². The largest absolute Gasteiger partial charge is 0.469 e. The molecule has 2 rings (SSSR count). The summed E-state index contributed by atoms with van der Waals surface area (Å²) in [4.78, 5) is 11.4. The van der Waals surface area contributed by atoms with Crippen molar-refractivity contribution in [1.29, 1.82) is 0 Å². The molecule has 0 amide bonds. The number of hydrogen-bond acceptors (Lipinski definition) is 3. The quantitative estimate of drug-likeness (QED) is 0.647. The van der Waals surface area contributed by atoms with E-state index in [-0.39, 0.29) is 11.9 Å². The zero-order valence-electron chi connectivity index (χ0n) is 8.08. The standard InChI is InChI=1S/C10H17NO2/c1-13-10(12)8-5-6-11-9(8)7-3-2-4-7/h7-9,11H,2-6H2,1H3. The van der Waals surface area contributed by atoms with Crippen molar-refractivity contribution in [2.75, 3.05) is 13.7 Å². The smallest absolute Gasteiger partial charge is 0.310 e. The van der Waals surface area contributed by atoms with Crippen molar-refractivity contribution in [2.24, 2.45) is 11.8 Å². The van der Waals surface area contributed by atoms with E-state index in [1.54, 1.807) is 0 Å². The number of ether oxygens (including phenoxy) is 1. The van der Waals surface area contributed by atoms with Crippen molar-refractivity contribution in [2.45, 2.75) is 31.7 Å². The molecule has 1 N–H and O–H groups in total. The molecule has 1 aliphatic carbocycles. The lowest BCUT2D eigenvalue weighted by Crippen LogP contribution is -2.41. The summed E-state index contributed by atoms with van der Waals surface area (Å²) < 4.78 is 4.80. The van der Waals surface area contributed by atoms with Crippen molar-refractivity contribution < 1.29 is 9.53 Å². The second-order valence-corrected chi connectivity index (χ2v) is 4.09. The molecular formula is C10H17NO2. The molecule has 1 heterocycles. The minimum Gasteiger partial charge on any atom is -0.469 e. The summed E-state index contributed by atoms with van der Waals surface area (Å²) in [5.41, 5.74) is 0. The molecular weight excluding hydrogens is 166 g/mol. The van der Waals surface area contributed by atoms with E-state index >= 15 is 0 Å². The second kappa shape index (κ2) is 3.66. The molecule has 0 aromatic heterocycles. The van der Waals surface area contributed by atoms with Gasteiger partial charge in [0.25, 0.3) is 0 Å². The Morgan fingerprint density at radius 2 is 2.15 bits per heavy atom. The van der Waals surface area contributed by atoms with E-state index in [1.165, 1.54) is 26.4 Å².